The van der Waals surface area contributed by atoms with Crippen molar-refractivity contribution in [2.75, 3.05) is 6.54 Å². The fraction of sp³-hybridized carbons (Fsp3) is 1.00. The summed E-state index contributed by atoms with van der Waals surface area (Å²) in [6.07, 6.45) is 3.84. The van der Waals surface area contributed by atoms with E-state index in [0.29, 0.717) is 5.41 Å². The third-order valence-corrected chi connectivity index (χ3v) is 4.04. The number of rotatable bonds is 6. The van der Waals surface area contributed by atoms with Gasteiger partial charge in [-0.2, -0.15) is 0 Å². The van der Waals surface area contributed by atoms with Crippen LogP contribution in [0, 0.1) is 11.3 Å². The number of hydrogen-bond donors (Lipinski definition) is 1. The molecular formula is C14H31N. The summed E-state index contributed by atoms with van der Waals surface area (Å²) in [5.74, 6) is 0.808. The highest BCUT2D eigenvalue weighted by atomic mass is 15.0. The topological polar surface area (TPSA) is 12.0 Å². The van der Waals surface area contributed by atoms with Crippen molar-refractivity contribution in [1.29, 1.82) is 0 Å². The Bertz CT molecular complexity index is 163. The maximum atomic E-state index is 3.68. The Labute approximate surface area is 97.0 Å². The Hall–Kier alpha value is -0.0400. The molecule has 15 heavy (non-hydrogen) atoms. The molecule has 0 aromatic carbocycles. The van der Waals surface area contributed by atoms with Gasteiger partial charge in [-0.1, -0.05) is 34.1 Å². The van der Waals surface area contributed by atoms with E-state index in [1.54, 1.807) is 0 Å². The summed E-state index contributed by atoms with van der Waals surface area (Å²) in [6.45, 7) is 17.3. The van der Waals surface area contributed by atoms with Crippen molar-refractivity contribution in [2.24, 2.45) is 11.3 Å². The van der Waals surface area contributed by atoms with Gasteiger partial charge in [-0.25, -0.2) is 0 Å². The van der Waals surface area contributed by atoms with Crippen LogP contribution in [-0.2, 0) is 0 Å². The minimum Gasteiger partial charge on any atom is -0.312 e. The third-order valence-electron chi connectivity index (χ3n) is 4.04. The van der Waals surface area contributed by atoms with Crippen molar-refractivity contribution in [2.45, 2.75) is 73.3 Å². The van der Waals surface area contributed by atoms with Crippen LogP contribution in [0.15, 0.2) is 0 Å². The molecule has 0 aliphatic heterocycles. The smallest absolute Gasteiger partial charge is 0.00967 e. The molecule has 92 valence electrons. The van der Waals surface area contributed by atoms with Crippen LogP contribution in [0.3, 0.4) is 0 Å². The van der Waals surface area contributed by atoms with Gasteiger partial charge in [0.05, 0.1) is 0 Å². The van der Waals surface area contributed by atoms with E-state index in [1.807, 2.05) is 0 Å². The summed E-state index contributed by atoms with van der Waals surface area (Å²) in [5, 5.41) is 3.68. The zero-order chi connectivity index (χ0) is 12.1. The molecule has 0 aliphatic carbocycles. The highest BCUT2D eigenvalue weighted by Crippen LogP contribution is 2.36. The maximum absolute atomic E-state index is 3.68. The zero-order valence-corrected chi connectivity index (χ0v) is 11.9. The van der Waals surface area contributed by atoms with Gasteiger partial charge in [0.25, 0.3) is 0 Å². The fourth-order valence-electron chi connectivity index (χ4n) is 2.25. The van der Waals surface area contributed by atoms with Crippen LogP contribution in [0.2, 0.25) is 0 Å². The summed E-state index contributed by atoms with van der Waals surface area (Å²) in [5.41, 5.74) is 0.727. The molecule has 1 unspecified atom stereocenters. The molecule has 0 rings (SSSR count). The van der Waals surface area contributed by atoms with E-state index in [4.69, 9.17) is 0 Å². The van der Waals surface area contributed by atoms with Gasteiger partial charge in [-0.15, -0.1) is 0 Å². The summed E-state index contributed by atoms with van der Waals surface area (Å²) in [7, 11) is 0. The van der Waals surface area contributed by atoms with Crippen molar-refractivity contribution in [3.8, 4) is 0 Å². The van der Waals surface area contributed by atoms with Crippen LogP contribution < -0.4 is 5.32 Å². The molecule has 1 atom stereocenters. The van der Waals surface area contributed by atoms with E-state index < -0.39 is 0 Å². The van der Waals surface area contributed by atoms with E-state index in [1.165, 1.54) is 19.3 Å². The van der Waals surface area contributed by atoms with Crippen molar-refractivity contribution in [3.63, 3.8) is 0 Å². The highest BCUT2D eigenvalue weighted by Gasteiger charge is 2.32. The zero-order valence-electron chi connectivity index (χ0n) is 11.9. The van der Waals surface area contributed by atoms with Gasteiger partial charge >= 0.3 is 0 Å². The van der Waals surface area contributed by atoms with Crippen LogP contribution in [0.1, 0.15) is 67.7 Å². The monoisotopic (exact) mass is 213 g/mol. The second-order valence-electron chi connectivity index (χ2n) is 5.98. The molecular weight excluding hydrogens is 182 g/mol. The van der Waals surface area contributed by atoms with E-state index >= 15 is 0 Å². The van der Waals surface area contributed by atoms with Crippen LogP contribution in [0.25, 0.3) is 0 Å². The van der Waals surface area contributed by atoms with Crippen molar-refractivity contribution in [3.05, 3.63) is 0 Å². The van der Waals surface area contributed by atoms with Gasteiger partial charge in [-0.05, 0) is 44.9 Å². The molecule has 0 saturated heterocycles. The Balaban J connectivity index is 4.51. The lowest BCUT2D eigenvalue weighted by atomic mass is 9.70. The second kappa shape index (κ2) is 5.89. The Morgan fingerprint density at radius 3 is 1.73 bits per heavy atom. The molecule has 0 aliphatic rings. The first-order valence-electron chi connectivity index (χ1n) is 6.56. The van der Waals surface area contributed by atoms with Crippen LogP contribution in [-0.4, -0.2) is 12.1 Å². The molecule has 0 fully saturated rings. The first kappa shape index (κ1) is 15.0. The van der Waals surface area contributed by atoms with Gasteiger partial charge in [0.2, 0.25) is 0 Å². The van der Waals surface area contributed by atoms with E-state index in [9.17, 15) is 0 Å². The van der Waals surface area contributed by atoms with Crippen molar-refractivity contribution >= 4 is 0 Å². The summed E-state index contributed by atoms with van der Waals surface area (Å²) >= 11 is 0. The summed E-state index contributed by atoms with van der Waals surface area (Å²) in [4.78, 5) is 0. The Morgan fingerprint density at radius 2 is 1.47 bits per heavy atom. The summed E-state index contributed by atoms with van der Waals surface area (Å²) < 4.78 is 0. The van der Waals surface area contributed by atoms with E-state index in [2.05, 4.69) is 53.8 Å². The third kappa shape index (κ3) is 4.55. The highest BCUT2D eigenvalue weighted by molar-refractivity contribution is 4.86. The van der Waals surface area contributed by atoms with Gasteiger partial charge in [-0.3, -0.25) is 0 Å². The lowest BCUT2D eigenvalue weighted by Crippen LogP contribution is -2.46. The normalized spacial score (nSPS) is 15.4. The Kier molecular flexibility index (Phi) is 5.87. The van der Waals surface area contributed by atoms with Crippen LogP contribution in [0.4, 0.5) is 0 Å². The number of hydrogen-bond acceptors (Lipinski definition) is 1. The summed E-state index contributed by atoms with van der Waals surface area (Å²) in [6, 6.07) is 0. The lowest BCUT2D eigenvalue weighted by molar-refractivity contribution is 0.134. The fourth-order valence-corrected chi connectivity index (χ4v) is 2.25. The van der Waals surface area contributed by atoms with Gasteiger partial charge < -0.3 is 5.32 Å². The SMILES string of the molecule is CCC(C)C(CC)(CC)CNC(C)(C)C. The molecule has 0 amide bonds. The van der Waals surface area contributed by atoms with Crippen LogP contribution in [0.5, 0.6) is 0 Å². The molecule has 1 heteroatoms. The molecule has 0 heterocycles. The maximum Gasteiger partial charge on any atom is 0.00967 e. The molecule has 0 aromatic heterocycles. The van der Waals surface area contributed by atoms with Crippen molar-refractivity contribution in [1.82, 2.24) is 5.32 Å². The quantitative estimate of drug-likeness (QED) is 0.696. The minimum absolute atomic E-state index is 0.239. The standard InChI is InChI=1S/C14H31N/c1-8-12(4)14(9-2,10-3)11-15-13(5,6)7/h12,15H,8-11H2,1-7H3. The lowest BCUT2D eigenvalue weighted by Gasteiger charge is -2.40. The molecule has 0 saturated carbocycles. The first-order chi connectivity index (χ1) is 6.81. The first-order valence-corrected chi connectivity index (χ1v) is 6.56. The average molecular weight is 213 g/mol. The Morgan fingerprint density at radius 1 is 1.00 bits per heavy atom. The van der Waals surface area contributed by atoms with Gasteiger partial charge in [0.1, 0.15) is 0 Å². The molecule has 1 nitrogen and oxygen atoms in total. The minimum atomic E-state index is 0.239. The number of nitrogens with one attached hydrogen (secondary N) is 1. The predicted molar refractivity (Wildman–Crippen MR) is 70.2 cm³/mol. The largest absolute Gasteiger partial charge is 0.312 e. The van der Waals surface area contributed by atoms with Gasteiger partial charge in [0, 0.05) is 12.1 Å². The van der Waals surface area contributed by atoms with E-state index in [-0.39, 0.29) is 5.54 Å². The molecule has 0 radical (unpaired) electrons. The van der Waals surface area contributed by atoms with Crippen LogP contribution >= 0.6 is 0 Å². The molecule has 0 spiro atoms. The average Bonchev–Trinajstić information content (AvgIpc) is 2.18. The predicted octanol–water partition coefficient (Wildman–Crippen LogP) is 4.23. The molecule has 1 N–H and O–H groups in total. The molecule has 0 bridgehead atoms. The van der Waals surface area contributed by atoms with E-state index in [0.717, 1.165) is 12.5 Å². The second-order valence-corrected chi connectivity index (χ2v) is 5.98. The molecule has 0 aromatic rings. The van der Waals surface area contributed by atoms with Gasteiger partial charge in [0.15, 0.2) is 0 Å². The van der Waals surface area contributed by atoms with Crippen molar-refractivity contribution < 1.29 is 0 Å².